The van der Waals surface area contributed by atoms with Crippen LogP contribution in [0.15, 0.2) is 47.4 Å². The van der Waals surface area contributed by atoms with Crippen LogP contribution in [-0.2, 0) is 14.9 Å². The predicted octanol–water partition coefficient (Wildman–Crippen LogP) is 4.23. The van der Waals surface area contributed by atoms with Gasteiger partial charge in [-0.1, -0.05) is 18.3 Å². The van der Waals surface area contributed by atoms with Gasteiger partial charge in [0.1, 0.15) is 10.6 Å². The van der Waals surface area contributed by atoms with Gasteiger partial charge in [-0.3, -0.25) is 4.79 Å². The van der Waals surface area contributed by atoms with Crippen LogP contribution in [0.2, 0.25) is 0 Å². The molecular weight excluding hydrogens is 534 g/mol. The Morgan fingerprint density at radius 3 is 2.62 bits per heavy atom. The highest BCUT2D eigenvalue weighted by atomic mass is 35.5. The Morgan fingerprint density at radius 1 is 1.14 bits per heavy atom. The molecule has 0 spiro atoms. The smallest absolute Gasteiger partial charge is 0.339 e. The zero-order valence-corrected chi connectivity index (χ0v) is 23.2. The summed E-state index contributed by atoms with van der Waals surface area (Å²) in [4.78, 5) is 16.9. The van der Waals surface area contributed by atoms with Crippen molar-refractivity contribution in [1.82, 2.24) is 15.6 Å². The number of fused-ring (bicyclic) bond motifs is 1. The molecule has 1 aromatic heterocycles. The van der Waals surface area contributed by atoms with Crippen LogP contribution in [0.3, 0.4) is 0 Å². The van der Waals surface area contributed by atoms with Gasteiger partial charge in [0, 0.05) is 31.3 Å². The van der Waals surface area contributed by atoms with Crippen LogP contribution in [0.1, 0.15) is 32.6 Å². The third-order valence-electron chi connectivity index (χ3n) is 6.07. The Bertz CT molecular complexity index is 1260. The third kappa shape index (κ3) is 8.54. The average Bonchev–Trinajstić information content (AvgIpc) is 3.27. The van der Waals surface area contributed by atoms with Gasteiger partial charge < -0.3 is 25.5 Å². The second kappa shape index (κ2) is 13.9. The van der Waals surface area contributed by atoms with Crippen molar-refractivity contribution in [2.45, 2.75) is 37.5 Å². The number of likely N-dealkylation sites (N-methyl/N-ethyl adjacent to an activating group) is 1. The number of benzene rings is 2. The van der Waals surface area contributed by atoms with Crippen LogP contribution in [-0.4, -0.2) is 52.0 Å². The molecule has 1 saturated heterocycles. The van der Waals surface area contributed by atoms with Crippen molar-refractivity contribution in [3.8, 4) is 5.75 Å². The molecule has 0 atom stereocenters. The van der Waals surface area contributed by atoms with Crippen LogP contribution < -0.4 is 25.5 Å². The molecule has 0 radical (unpaired) electrons. The van der Waals surface area contributed by atoms with Crippen molar-refractivity contribution in [2.75, 3.05) is 43.4 Å². The first-order valence-corrected chi connectivity index (χ1v) is 14.6. The number of halogens is 1. The lowest BCUT2D eigenvalue weighted by molar-refractivity contribution is -0.116. The molecule has 1 aliphatic heterocycles. The Morgan fingerprint density at radius 2 is 1.89 bits per heavy atom. The average molecular weight is 568 g/mol. The summed E-state index contributed by atoms with van der Waals surface area (Å²) in [5.41, 5.74) is 1.51. The lowest BCUT2D eigenvalue weighted by Crippen LogP contribution is -2.28. The summed E-state index contributed by atoms with van der Waals surface area (Å²) < 4.78 is 31.7. The number of nitrogens with one attached hydrogen (secondary N) is 4. The number of hydrogen-bond donors (Lipinski definition) is 4. The molecule has 37 heavy (non-hydrogen) atoms. The Balaban J connectivity index is 0.00000380. The van der Waals surface area contributed by atoms with Crippen LogP contribution in [0.4, 0.5) is 10.8 Å². The predicted molar refractivity (Wildman–Crippen MR) is 152 cm³/mol. The molecule has 4 N–H and O–H groups in total. The van der Waals surface area contributed by atoms with Crippen molar-refractivity contribution in [2.24, 2.45) is 5.92 Å². The fourth-order valence-electron chi connectivity index (χ4n) is 4.08. The maximum Gasteiger partial charge on any atom is 0.339 e. The number of carbonyl (C=O) groups excluding carboxylic acids is 1. The molecule has 12 heteroatoms. The molecule has 0 bridgehead atoms. The third-order valence-corrected chi connectivity index (χ3v) is 8.27. The fraction of sp³-hybridized carbons (Fsp3) is 0.440. The second-order valence-electron chi connectivity index (χ2n) is 8.77. The first-order chi connectivity index (χ1) is 17.4. The quantitative estimate of drug-likeness (QED) is 0.189. The Hall–Kier alpha value is -2.44. The van der Waals surface area contributed by atoms with Crippen molar-refractivity contribution in [1.29, 1.82) is 0 Å². The molecule has 1 fully saturated rings. The lowest BCUT2D eigenvalue weighted by atomic mass is 9.93. The van der Waals surface area contributed by atoms with E-state index in [9.17, 15) is 13.2 Å². The van der Waals surface area contributed by atoms with Gasteiger partial charge in [0.15, 0.2) is 5.13 Å². The van der Waals surface area contributed by atoms with Gasteiger partial charge >= 0.3 is 10.1 Å². The van der Waals surface area contributed by atoms with E-state index in [2.05, 4.69) is 26.3 Å². The van der Waals surface area contributed by atoms with E-state index in [1.807, 2.05) is 6.92 Å². The molecule has 4 rings (SSSR count). The Kier molecular flexibility index (Phi) is 11.0. The van der Waals surface area contributed by atoms with Gasteiger partial charge in [-0.2, -0.15) is 8.42 Å². The number of rotatable bonds is 12. The van der Waals surface area contributed by atoms with E-state index in [0.717, 1.165) is 62.4 Å². The van der Waals surface area contributed by atoms with Gasteiger partial charge in [-0.25, -0.2) is 4.98 Å². The van der Waals surface area contributed by atoms with E-state index in [0.29, 0.717) is 23.0 Å². The Labute approximate surface area is 228 Å². The number of amides is 1. The lowest BCUT2D eigenvalue weighted by Gasteiger charge is -2.21. The molecule has 3 aromatic rings. The zero-order valence-electron chi connectivity index (χ0n) is 20.8. The van der Waals surface area contributed by atoms with Gasteiger partial charge in [0.25, 0.3) is 0 Å². The SMILES string of the molecule is CCNCCNc1ccc(S(=O)(=O)Oc2ccc3nc(NC(=O)CCC4CCNCC4)sc3c2)cc1.Cl. The number of thiazole rings is 1. The molecule has 0 saturated carbocycles. The van der Waals surface area contributed by atoms with E-state index >= 15 is 0 Å². The summed E-state index contributed by atoms with van der Waals surface area (Å²) in [6.07, 6.45) is 3.56. The second-order valence-corrected chi connectivity index (χ2v) is 11.3. The molecule has 9 nitrogen and oxygen atoms in total. The van der Waals surface area contributed by atoms with E-state index < -0.39 is 10.1 Å². The van der Waals surface area contributed by atoms with E-state index in [-0.39, 0.29) is 29.0 Å². The topological polar surface area (TPSA) is 121 Å². The van der Waals surface area contributed by atoms with E-state index in [4.69, 9.17) is 4.18 Å². The molecular formula is C25H34ClN5O4S2. The van der Waals surface area contributed by atoms with Gasteiger partial charge in [0.05, 0.1) is 10.2 Å². The standard InChI is InChI=1S/C25H33N5O4S2.ClH/c1-2-26-15-16-28-19-4-7-21(8-5-19)36(32,33)34-20-6-9-22-23(17-20)35-25(29-22)30-24(31)10-3-18-11-13-27-14-12-18;/h4-9,17-18,26-28H,2-3,10-16H2,1H3,(H,29,30,31);1H. The number of nitrogens with zero attached hydrogens (tertiary/aromatic N) is 1. The number of carbonyl (C=O) groups is 1. The van der Waals surface area contributed by atoms with Gasteiger partial charge in [-0.15, -0.1) is 12.4 Å². The summed E-state index contributed by atoms with van der Waals surface area (Å²) in [5.74, 6) is 0.735. The highest BCUT2D eigenvalue weighted by Gasteiger charge is 2.18. The summed E-state index contributed by atoms with van der Waals surface area (Å²) in [6.45, 7) is 6.54. The summed E-state index contributed by atoms with van der Waals surface area (Å²) >= 11 is 1.29. The van der Waals surface area contributed by atoms with Crippen LogP contribution in [0.25, 0.3) is 10.2 Å². The molecule has 2 aromatic carbocycles. The van der Waals surface area contributed by atoms with E-state index in [1.54, 1.807) is 30.3 Å². The maximum atomic E-state index is 12.8. The zero-order chi connectivity index (χ0) is 25.4. The first kappa shape index (κ1) is 29.1. The molecule has 2 heterocycles. The van der Waals surface area contributed by atoms with Crippen molar-refractivity contribution in [3.63, 3.8) is 0 Å². The normalized spacial score (nSPS) is 14.2. The minimum absolute atomic E-state index is 0. The highest BCUT2D eigenvalue weighted by Crippen LogP contribution is 2.31. The van der Waals surface area contributed by atoms with Crippen molar-refractivity contribution < 1.29 is 17.4 Å². The van der Waals surface area contributed by atoms with Gasteiger partial charge in [0.2, 0.25) is 5.91 Å². The number of aromatic nitrogens is 1. The molecule has 202 valence electrons. The molecule has 1 aliphatic rings. The van der Waals surface area contributed by atoms with Crippen LogP contribution in [0.5, 0.6) is 5.75 Å². The monoisotopic (exact) mass is 567 g/mol. The minimum atomic E-state index is -3.99. The number of anilines is 2. The molecule has 0 aliphatic carbocycles. The van der Waals surface area contributed by atoms with Gasteiger partial charge in [-0.05, 0) is 81.2 Å². The minimum Gasteiger partial charge on any atom is -0.384 e. The summed E-state index contributed by atoms with van der Waals surface area (Å²) in [5, 5.41) is 13.2. The largest absolute Gasteiger partial charge is 0.384 e. The number of piperidine rings is 1. The van der Waals surface area contributed by atoms with Crippen molar-refractivity contribution >= 4 is 60.8 Å². The molecule has 1 amide bonds. The highest BCUT2D eigenvalue weighted by molar-refractivity contribution is 7.87. The van der Waals surface area contributed by atoms with Crippen LogP contribution in [0, 0.1) is 5.92 Å². The molecule has 0 unspecified atom stereocenters. The summed E-state index contributed by atoms with van der Waals surface area (Å²) in [6, 6.07) is 11.4. The first-order valence-electron chi connectivity index (χ1n) is 12.3. The fourth-order valence-corrected chi connectivity index (χ4v) is 5.92. The van der Waals surface area contributed by atoms with Crippen LogP contribution >= 0.6 is 23.7 Å². The maximum absolute atomic E-state index is 12.8. The number of hydrogen-bond acceptors (Lipinski definition) is 9. The van der Waals surface area contributed by atoms with Crippen molar-refractivity contribution in [3.05, 3.63) is 42.5 Å². The summed E-state index contributed by atoms with van der Waals surface area (Å²) in [7, 11) is -3.99. The van der Waals surface area contributed by atoms with E-state index in [1.165, 1.54) is 23.5 Å².